The molecule has 0 fully saturated rings. The van der Waals surface area contributed by atoms with Crippen LogP contribution in [0.1, 0.15) is 18.5 Å². The average Bonchev–Trinajstić information content (AvgIpc) is 2.77. The third-order valence-electron chi connectivity index (χ3n) is 4.03. The molecule has 1 atom stereocenters. The summed E-state index contributed by atoms with van der Waals surface area (Å²) in [5.41, 5.74) is 1.20. The van der Waals surface area contributed by atoms with Crippen molar-refractivity contribution in [2.24, 2.45) is 5.14 Å². The molecule has 0 aromatic heterocycles. The summed E-state index contributed by atoms with van der Waals surface area (Å²) in [5.74, 6) is -4.88. The van der Waals surface area contributed by atoms with Crippen molar-refractivity contribution in [3.63, 3.8) is 0 Å². The SMILES string of the molecule is CC(NCC(=O)NCC(=O)Nc1ccc(F)cc1)c1ccc(S(N)(=O)=O)cc1.O=C(O)C(=O)O. The molecule has 34 heavy (non-hydrogen) atoms. The first-order valence-corrected chi connectivity index (χ1v) is 11.0. The minimum atomic E-state index is -3.75. The molecule has 184 valence electrons. The smallest absolute Gasteiger partial charge is 0.414 e. The van der Waals surface area contributed by atoms with Gasteiger partial charge in [-0.3, -0.25) is 9.59 Å². The van der Waals surface area contributed by atoms with E-state index in [9.17, 15) is 22.4 Å². The molecule has 2 aromatic rings. The third kappa shape index (κ3) is 10.6. The van der Waals surface area contributed by atoms with Crippen molar-refractivity contribution in [2.75, 3.05) is 18.4 Å². The average molecular weight is 498 g/mol. The molecule has 0 aliphatic carbocycles. The molecule has 2 amide bonds. The van der Waals surface area contributed by atoms with Gasteiger partial charge < -0.3 is 26.2 Å². The maximum Gasteiger partial charge on any atom is 0.414 e. The number of hydrogen-bond acceptors (Lipinski definition) is 7. The number of sulfonamides is 1. The summed E-state index contributed by atoms with van der Waals surface area (Å²) in [6, 6.07) is 11.0. The van der Waals surface area contributed by atoms with E-state index in [-0.39, 0.29) is 29.9 Å². The Morgan fingerprint density at radius 3 is 1.91 bits per heavy atom. The predicted molar refractivity (Wildman–Crippen MR) is 118 cm³/mol. The summed E-state index contributed by atoms with van der Waals surface area (Å²) in [6.07, 6.45) is 0. The molecule has 0 heterocycles. The van der Waals surface area contributed by atoms with E-state index in [1.54, 1.807) is 19.1 Å². The Morgan fingerprint density at radius 2 is 1.44 bits per heavy atom. The number of nitrogens with two attached hydrogens (primary N) is 1. The molecule has 1 unspecified atom stereocenters. The van der Waals surface area contributed by atoms with Gasteiger partial charge in [0.15, 0.2) is 0 Å². The molecule has 14 heteroatoms. The first-order chi connectivity index (χ1) is 15.8. The van der Waals surface area contributed by atoms with Crippen LogP contribution in [0.25, 0.3) is 0 Å². The number of carbonyl (C=O) groups excluding carboxylic acids is 2. The van der Waals surface area contributed by atoms with Crippen LogP contribution in [0.5, 0.6) is 0 Å². The van der Waals surface area contributed by atoms with Gasteiger partial charge in [-0.25, -0.2) is 27.5 Å². The standard InChI is InChI=1S/C18H21FN4O4S.C2H2O4/c1-12(13-2-8-16(9-3-13)28(20,26)27)21-10-17(24)22-11-18(25)23-15-6-4-14(19)5-7-15;3-1(4)2(5)6/h2-9,12,21H,10-11H2,1H3,(H,22,24)(H,23,25)(H2,20,26,27);(H,3,4)(H,5,6). The van der Waals surface area contributed by atoms with Gasteiger partial charge in [-0.1, -0.05) is 12.1 Å². The zero-order valence-electron chi connectivity index (χ0n) is 17.8. The van der Waals surface area contributed by atoms with E-state index in [1.807, 2.05) is 0 Å². The Morgan fingerprint density at radius 1 is 0.912 bits per heavy atom. The van der Waals surface area contributed by atoms with Crippen molar-refractivity contribution in [2.45, 2.75) is 17.9 Å². The summed E-state index contributed by atoms with van der Waals surface area (Å²) in [5, 5.41) is 27.8. The summed E-state index contributed by atoms with van der Waals surface area (Å²) in [7, 11) is -3.75. The zero-order chi connectivity index (χ0) is 25.9. The molecule has 0 aliphatic heterocycles. The minimum Gasteiger partial charge on any atom is -0.473 e. The topological polar surface area (TPSA) is 205 Å². The molecule has 0 saturated carbocycles. The van der Waals surface area contributed by atoms with Crippen molar-refractivity contribution in [1.82, 2.24) is 10.6 Å². The fraction of sp³-hybridized carbons (Fsp3) is 0.200. The molecule has 0 radical (unpaired) electrons. The second-order valence-electron chi connectivity index (χ2n) is 6.66. The molecule has 2 rings (SSSR count). The van der Waals surface area contributed by atoms with E-state index < -0.39 is 33.7 Å². The number of benzene rings is 2. The number of rotatable bonds is 8. The highest BCUT2D eigenvalue weighted by Gasteiger charge is 2.12. The van der Waals surface area contributed by atoms with E-state index in [0.717, 1.165) is 5.56 Å². The summed E-state index contributed by atoms with van der Waals surface area (Å²) in [6.45, 7) is 1.54. The number of hydrogen-bond donors (Lipinski definition) is 6. The van der Waals surface area contributed by atoms with Crippen LogP contribution in [-0.2, 0) is 29.2 Å². The van der Waals surface area contributed by atoms with Gasteiger partial charge >= 0.3 is 11.9 Å². The van der Waals surface area contributed by atoms with Gasteiger partial charge in [0.2, 0.25) is 21.8 Å². The monoisotopic (exact) mass is 498 g/mol. The Labute approximate surface area is 194 Å². The van der Waals surface area contributed by atoms with Crippen LogP contribution in [0.2, 0.25) is 0 Å². The lowest BCUT2D eigenvalue weighted by molar-refractivity contribution is -0.159. The first-order valence-electron chi connectivity index (χ1n) is 9.44. The number of anilines is 1. The van der Waals surface area contributed by atoms with E-state index in [1.165, 1.54) is 36.4 Å². The summed E-state index contributed by atoms with van der Waals surface area (Å²) in [4.78, 5) is 41.8. The second-order valence-corrected chi connectivity index (χ2v) is 8.22. The van der Waals surface area contributed by atoms with E-state index in [0.29, 0.717) is 5.69 Å². The lowest BCUT2D eigenvalue weighted by Crippen LogP contribution is -2.39. The van der Waals surface area contributed by atoms with E-state index in [2.05, 4.69) is 16.0 Å². The highest BCUT2D eigenvalue weighted by molar-refractivity contribution is 7.89. The molecular formula is C20H23FN4O8S. The number of nitrogens with one attached hydrogen (secondary N) is 3. The number of carboxylic acid groups (broad SMARTS) is 2. The summed E-state index contributed by atoms with van der Waals surface area (Å²) >= 11 is 0. The number of amides is 2. The van der Waals surface area contributed by atoms with Gasteiger partial charge in [0.05, 0.1) is 18.0 Å². The van der Waals surface area contributed by atoms with Crippen LogP contribution < -0.4 is 21.1 Å². The van der Waals surface area contributed by atoms with Gasteiger partial charge in [-0.15, -0.1) is 0 Å². The first kappa shape index (κ1) is 28.2. The molecule has 0 saturated heterocycles. The van der Waals surface area contributed by atoms with Crippen LogP contribution in [0.15, 0.2) is 53.4 Å². The Bertz CT molecular complexity index is 1110. The fourth-order valence-corrected chi connectivity index (χ4v) is 2.81. The lowest BCUT2D eigenvalue weighted by atomic mass is 10.1. The zero-order valence-corrected chi connectivity index (χ0v) is 18.6. The molecule has 12 nitrogen and oxygen atoms in total. The molecule has 0 bridgehead atoms. The van der Waals surface area contributed by atoms with Crippen molar-refractivity contribution < 1.29 is 42.2 Å². The highest BCUT2D eigenvalue weighted by atomic mass is 32.2. The Hall–Kier alpha value is -3.88. The molecular weight excluding hydrogens is 475 g/mol. The number of halogens is 1. The van der Waals surface area contributed by atoms with Crippen LogP contribution >= 0.6 is 0 Å². The Balaban J connectivity index is 0.000000852. The Kier molecular flexibility index (Phi) is 10.7. The van der Waals surface area contributed by atoms with Gasteiger partial charge in [0.1, 0.15) is 5.82 Å². The maximum atomic E-state index is 12.8. The molecule has 7 N–H and O–H groups in total. The third-order valence-corrected chi connectivity index (χ3v) is 4.96. The maximum absolute atomic E-state index is 12.8. The molecule has 2 aromatic carbocycles. The number of aliphatic carboxylic acids is 2. The molecule has 0 aliphatic rings. The predicted octanol–water partition coefficient (Wildman–Crippen LogP) is 0.0342. The molecule has 0 spiro atoms. The fourth-order valence-electron chi connectivity index (χ4n) is 2.29. The van der Waals surface area contributed by atoms with Gasteiger partial charge in [0, 0.05) is 11.7 Å². The van der Waals surface area contributed by atoms with Gasteiger partial charge in [0.25, 0.3) is 0 Å². The quantitative estimate of drug-likeness (QED) is 0.271. The van der Waals surface area contributed by atoms with Crippen LogP contribution in [0, 0.1) is 5.82 Å². The largest absolute Gasteiger partial charge is 0.473 e. The number of primary sulfonamides is 1. The highest BCUT2D eigenvalue weighted by Crippen LogP contribution is 2.15. The van der Waals surface area contributed by atoms with Crippen molar-refractivity contribution in [3.8, 4) is 0 Å². The lowest BCUT2D eigenvalue weighted by Gasteiger charge is -2.14. The van der Waals surface area contributed by atoms with E-state index >= 15 is 0 Å². The van der Waals surface area contributed by atoms with Gasteiger partial charge in [-0.05, 0) is 48.9 Å². The van der Waals surface area contributed by atoms with Crippen LogP contribution in [-0.4, -0.2) is 55.5 Å². The van der Waals surface area contributed by atoms with Crippen molar-refractivity contribution >= 4 is 39.5 Å². The minimum absolute atomic E-state index is 0.00774. The second kappa shape index (κ2) is 13.0. The number of carbonyl (C=O) groups is 4. The van der Waals surface area contributed by atoms with Crippen molar-refractivity contribution in [3.05, 3.63) is 59.9 Å². The van der Waals surface area contributed by atoms with E-state index in [4.69, 9.17) is 24.9 Å². The van der Waals surface area contributed by atoms with Crippen molar-refractivity contribution in [1.29, 1.82) is 0 Å². The van der Waals surface area contributed by atoms with Crippen LogP contribution in [0.4, 0.5) is 10.1 Å². The normalized spacial score (nSPS) is 11.4. The number of carboxylic acids is 2. The van der Waals surface area contributed by atoms with Crippen LogP contribution in [0.3, 0.4) is 0 Å². The van der Waals surface area contributed by atoms with Gasteiger partial charge in [-0.2, -0.15) is 0 Å². The summed E-state index contributed by atoms with van der Waals surface area (Å²) < 4.78 is 35.3.